The third-order valence-corrected chi connectivity index (χ3v) is 3.25. The summed E-state index contributed by atoms with van der Waals surface area (Å²) in [6.45, 7) is 5.20. The lowest BCUT2D eigenvalue weighted by Crippen LogP contribution is -2.16. The quantitative estimate of drug-likeness (QED) is 0.399. The Morgan fingerprint density at radius 1 is 1.35 bits per heavy atom. The van der Waals surface area contributed by atoms with Crippen molar-refractivity contribution in [3.8, 4) is 12.3 Å². The van der Waals surface area contributed by atoms with Crippen LogP contribution in [0, 0.1) is 12.3 Å². The number of hydrogen-bond donors (Lipinski definition) is 0. The van der Waals surface area contributed by atoms with E-state index in [1.807, 2.05) is 0 Å². The molecule has 0 fully saturated rings. The summed E-state index contributed by atoms with van der Waals surface area (Å²) >= 11 is 0. The highest BCUT2D eigenvalue weighted by Gasteiger charge is 2.26. The van der Waals surface area contributed by atoms with Crippen molar-refractivity contribution >= 4 is 13.8 Å². The molecule has 0 bridgehead atoms. The van der Waals surface area contributed by atoms with Crippen LogP contribution in [0.4, 0.5) is 4.79 Å². The molecule has 0 spiro atoms. The number of hydrogen-bond acceptors (Lipinski definition) is 6. The second kappa shape index (κ2) is 8.13. The predicted octanol–water partition coefficient (Wildman–Crippen LogP) is 2.38. The molecule has 17 heavy (non-hydrogen) atoms. The topological polar surface area (TPSA) is 71.1 Å². The fourth-order valence-corrected chi connectivity index (χ4v) is 2.12. The van der Waals surface area contributed by atoms with Gasteiger partial charge in [-0.25, -0.2) is 4.79 Å². The molecule has 0 heterocycles. The van der Waals surface area contributed by atoms with E-state index in [1.165, 1.54) is 6.92 Å². The molecule has 0 saturated carbocycles. The maximum atomic E-state index is 11.9. The van der Waals surface area contributed by atoms with Gasteiger partial charge in [-0.2, -0.15) is 0 Å². The van der Waals surface area contributed by atoms with Crippen LogP contribution in [0.15, 0.2) is 0 Å². The molecule has 0 radical (unpaired) electrons. The summed E-state index contributed by atoms with van der Waals surface area (Å²) in [7, 11) is -3.40. The predicted molar refractivity (Wildman–Crippen MR) is 61.6 cm³/mol. The number of terminal acetylenes is 1. The number of carbonyl (C=O) groups is 1. The Balaban J connectivity index is 4.18. The Labute approximate surface area is 101 Å². The lowest BCUT2D eigenvalue weighted by molar-refractivity contribution is 0.0490. The molecule has 1 atom stereocenters. The second-order valence-electron chi connectivity index (χ2n) is 2.90. The molecular formula is C10H17O6P. The van der Waals surface area contributed by atoms with Crippen LogP contribution in [0.1, 0.15) is 20.8 Å². The average molecular weight is 264 g/mol. The highest BCUT2D eigenvalue weighted by molar-refractivity contribution is 7.53. The Morgan fingerprint density at radius 2 is 1.88 bits per heavy atom. The van der Waals surface area contributed by atoms with Gasteiger partial charge in [0.15, 0.2) is 12.5 Å². The molecule has 0 amide bonds. The fourth-order valence-electron chi connectivity index (χ4n) is 0.849. The van der Waals surface area contributed by atoms with Crippen LogP contribution >= 0.6 is 7.60 Å². The van der Waals surface area contributed by atoms with Crippen molar-refractivity contribution in [1.29, 1.82) is 0 Å². The maximum absolute atomic E-state index is 11.9. The van der Waals surface area contributed by atoms with Crippen LogP contribution < -0.4 is 0 Å². The minimum atomic E-state index is -3.40. The monoisotopic (exact) mass is 264 g/mol. The van der Waals surface area contributed by atoms with Gasteiger partial charge in [-0.1, -0.05) is 5.92 Å². The van der Waals surface area contributed by atoms with Gasteiger partial charge < -0.3 is 18.5 Å². The molecule has 0 aliphatic heterocycles. The van der Waals surface area contributed by atoms with Crippen molar-refractivity contribution in [3.05, 3.63) is 0 Å². The third kappa shape index (κ3) is 7.01. The molecule has 6 nitrogen and oxygen atoms in total. The first-order chi connectivity index (χ1) is 7.97. The van der Waals surface area contributed by atoms with E-state index in [-0.39, 0.29) is 13.2 Å². The van der Waals surface area contributed by atoms with Crippen LogP contribution in [0.3, 0.4) is 0 Å². The number of rotatable bonds is 7. The summed E-state index contributed by atoms with van der Waals surface area (Å²) in [6, 6.07) is 0. The minimum Gasteiger partial charge on any atom is -0.421 e. The smallest absolute Gasteiger partial charge is 0.421 e. The van der Waals surface area contributed by atoms with E-state index in [2.05, 4.69) is 15.4 Å². The highest BCUT2D eigenvalue weighted by atomic mass is 31.2. The number of ether oxygens (including phenoxy) is 2. The van der Waals surface area contributed by atoms with Crippen molar-refractivity contribution in [2.45, 2.75) is 26.9 Å². The van der Waals surface area contributed by atoms with Crippen LogP contribution in [0.2, 0.25) is 0 Å². The molecular weight excluding hydrogens is 247 g/mol. The summed E-state index contributed by atoms with van der Waals surface area (Å²) in [5.74, 6) is 2.19. The van der Waals surface area contributed by atoms with Gasteiger partial charge in [-0.05, 0) is 20.8 Å². The zero-order valence-electron chi connectivity index (χ0n) is 10.2. The Kier molecular flexibility index (Phi) is 7.64. The third-order valence-electron chi connectivity index (χ3n) is 1.50. The number of carbonyl (C=O) groups excluding carboxylic acids is 1. The molecule has 0 aromatic rings. The Morgan fingerprint density at radius 3 is 2.29 bits per heavy atom. The van der Waals surface area contributed by atoms with Gasteiger partial charge in [0.25, 0.3) is 0 Å². The summed E-state index contributed by atoms with van der Waals surface area (Å²) in [5.41, 5.74) is 0. The molecule has 0 aliphatic carbocycles. The zero-order valence-corrected chi connectivity index (χ0v) is 11.1. The second-order valence-corrected chi connectivity index (χ2v) is 4.89. The summed E-state index contributed by atoms with van der Waals surface area (Å²) in [5, 5.41) is 0. The average Bonchev–Trinajstić information content (AvgIpc) is 2.27. The molecule has 0 rings (SSSR count). The van der Waals surface area contributed by atoms with E-state index < -0.39 is 26.2 Å². The van der Waals surface area contributed by atoms with Crippen LogP contribution in [-0.2, 0) is 23.1 Å². The first-order valence-electron chi connectivity index (χ1n) is 5.15. The highest BCUT2D eigenvalue weighted by Crippen LogP contribution is 2.47. The Bertz CT molecular complexity index is 311. The zero-order chi connectivity index (χ0) is 13.3. The molecule has 7 heteroatoms. The van der Waals surface area contributed by atoms with Gasteiger partial charge in [0.1, 0.15) is 0 Å². The van der Waals surface area contributed by atoms with Gasteiger partial charge in [0, 0.05) is 0 Å². The molecule has 0 aromatic carbocycles. The van der Waals surface area contributed by atoms with E-state index in [1.54, 1.807) is 13.8 Å². The SMILES string of the molecule is C#CC(C)OC(=O)OCP(=O)(OCC)OCC. The van der Waals surface area contributed by atoms with Crippen LogP contribution in [0.25, 0.3) is 0 Å². The van der Waals surface area contributed by atoms with Crippen molar-refractivity contribution in [1.82, 2.24) is 0 Å². The largest absolute Gasteiger partial charge is 0.510 e. The molecule has 1 unspecified atom stereocenters. The van der Waals surface area contributed by atoms with E-state index in [9.17, 15) is 9.36 Å². The molecule has 0 saturated heterocycles. The standard InChI is InChI=1S/C10H17O6P/c1-5-9(4)16-10(11)13-8-17(12,14-6-2)15-7-3/h1,9H,6-8H2,2-4H3. The van der Waals surface area contributed by atoms with E-state index in [0.29, 0.717) is 0 Å². The molecule has 98 valence electrons. The summed E-state index contributed by atoms with van der Waals surface area (Å²) in [4.78, 5) is 11.1. The van der Waals surface area contributed by atoms with Gasteiger partial charge in [0.2, 0.25) is 0 Å². The van der Waals surface area contributed by atoms with Crippen LogP contribution in [0.5, 0.6) is 0 Å². The summed E-state index contributed by atoms with van der Waals surface area (Å²) < 4.78 is 30.9. The van der Waals surface area contributed by atoms with Crippen molar-refractivity contribution in [2.75, 3.05) is 19.6 Å². The van der Waals surface area contributed by atoms with Crippen molar-refractivity contribution in [3.63, 3.8) is 0 Å². The lowest BCUT2D eigenvalue weighted by atomic mass is 10.4. The van der Waals surface area contributed by atoms with Crippen molar-refractivity contribution in [2.24, 2.45) is 0 Å². The van der Waals surface area contributed by atoms with Crippen LogP contribution in [-0.4, -0.2) is 31.8 Å². The van der Waals surface area contributed by atoms with Gasteiger partial charge in [0.05, 0.1) is 13.2 Å². The first kappa shape index (κ1) is 16.0. The van der Waals surface area contributed by atoms with E-state index in [0.717, 1.165) is 0 Å². The summed E-state index contributed by atoms with van der Waals surface area (Å²) in [6.07, 6.45) is 2.80. The normalized spacial score (nSPS) is 12.6. The van der Waals surface area contributed by atoms with Gasteiger partial charge >= 0.3 is 13.8 Å². The molecule has 0 aromatic heterocycles. The first-order valence-corrected chi connectivity index (χ1v) is 6.87. The van der Waals surface area contributed by atoms with Crippen molar-refractivity contribution < 1.29 is 27.9 Å². The maximum Gasteiger partial charge on any atom is 0.510 e. The molecule has 0 N–H and O–H groups in total. The van der Waals surface area contributed by atoms with E-state index in [4.69, 9.17) is 15.5 Å². The van der Waals surface area contributed by atoms with Gasteiger partial charge in [-0.15, -0.1) is 6.42 Å². The molecule has 0 aliphatic rings. The lowest BCUT2D eigenvalue weighted by Gasteiger charge is -2.16. The van der Waals surface area contributed by atoms with Gasteiger partial charge in [-0.3, -0.25) is 4.57 Å². The minimum absolute atomic E-state index is 0.191. The van der Waals surface area contributed by atoms with E-state index >= 15 is 0 Å². The fraction of sp³-hybridized carbons (Fsp3) is 0.700. The Hall–Kier alpha value is -1.02.